The molecule has 0 amide bonds. The molecule has 1 aliphatic rings. The summed E-state index contributed by atoms with van der Waals surface area (Å²) < 4.78 is 15.8. The second-order valence-electron chi connectivity index (χ2n) is 6.53. The smallest absolute Gasteiger partial charge is 0.311 e. The van der Waals surface area contributed by atoms with Gasteiger partial charge in [0.05, 0.1) is 32.4 Å². The molecular weight excluding hydrogens is 531 g/mol. The van der Waals surface area contributed by atoms with E-state index >= 15 is 0 Å². The van der Waals surface area contributed by atoms with Crippen molar-refractivity contribution in [2.24, 2.45) is 0 Å². The zero-order valence-corrected chi connectivity index (χ0v) is 22.8. The molecule has 0 N–H and O–H groups in total. The van der Waals surface area contributed by atoms with Gasteiger partial charge in [0.25, 0.3) is 0 Å². The molecular formula is C26H39IN2O4. The summed E-state index contributed by atoms with van der Waals surface area (Å²) in [5.41, 5.74) is 2.75. The lowest BCUT2D eigenvalue weighted by Gasteiger charge is -2.26. The number of esters is 1. The molecule has 2 aromatic rings. The highest BCUT2D eigenvalue weighted by atomic mass is 127. The van der Waals surface area contributed by atoms with Crippen LogP contribution in [0.1, 0.15) is 26.5 Å². The summed E-state index contributed by atoms with van der Waals surface area (Å²) in [4.78, 5) is 19.9. The molecule has 3 rings (SSSR count). The van der Waals surface area contributed by atoms with Gasteiger partial charge >= 0.3 is 5.97 Å². The quantitative estimate of drug-likeness (QED) is 0.191. The van der Waals surface area contributed by atoms with Gasteiger partial charge in [0.15, 0.2) is 0 Å². The molecule has 1 saturated heterocycles. The zero-order valence-electron chi connectivity index (χ0n) is 20.7. The number of rotatable bonds is 7. The molecule has 0 spiro atoms. The zero-order chi connectivity index (χ0) is 24.9. The van der Waals surface area contributed by atoms with E-state index in [-0.39, 0.29) is 12.4 Å². The first-order chi connectivity index (χ1) is 16.2. The van der Waals surface area contributed by atoms with Gasteiger partial charge in [-0.3, -0.25) is 14.7 Å². The molecule has 0 bridgehead atoms. The lowest BCUT2D eigenvalue weighted by atomic mass is 10.1. The van der Waals surface area contributed by atoms with E-state index in [1.54, 1.807) is 12.3 Å². The Morgan fingerprint density at radius 1 is 1.12 bits per heavy atom. The average Bonchev–Trinajstić information content (AvgIpc) is 2.88. The normalized spacial score (nSPS) is 12.4. The Bertz CT molecular complexity index is 746. The minimum absolute atomic E-state index is 0.187. The number of aromatic nitrogens is 1. The highest BCUT2D eigenvalue weighted by Crippen LogP contribution is 2.22. The van der Waals surface area contributed by atoms with E-state index in [4.69, 9.17) is 9.47 Å². The van der Waals surface area contributed by atoms with E-state index in [1.807, 2.05) is 62.1 Å². The molecule has 1 aromatic heterocycles. The molecule has 0 unspecified atom stereocenters. The molecule has 1 fully saturated rings. The number of hydrogen-bond acceptors (Lipinski definition) is 6. The molecule has 0 aliphatic carbocycles. The Morgan fingerprint density at radius 2 is 1.70 bits per heavy atom. The van der Waals surface area contributed by atoms with Gasteiger partial charge in [-0.15, -0.1) is 6.58 Å². The van der Waals surface area contributed by atoms with Crippen LogP contribution < -0.4 is 4.74 Å². The third kappa shape index (κ3) is 13.4. The van der Waals surface area contributed by atoms with Crippen molar-refractivity contribution in [2.45, 2.75) is 27.2 Å². The minimum Gasteiger partial charge on any atom is -0.492 e. The Kier molecular flexibility index (Phi) is 19.4. The van der Waals surface area contributed by atoms with Gasteiger partial charge in [0, 0.05) is 31.4 Å². The van der Waals surface area contributed by atoms with Crippen molar-refractivity contribution in [3.8, 4) is 16.9 Å². The number of morpholine rings is 1. The Balaban J connectivity index is 0.00000132. The number of benzene rings is 1. The van der Waals surface area contributed by atoms with E-state index in [0.717, 1.165) is 49.7 Å². The Labute approximate surface area is 213 Å². The third-order valence-corrected chi connectivity index (χ3v) is 4.35. The Hall–Kier alpha value is -1.97. The topological polar surface area (TPSA) is 60.9 Å². The van der Waals surface area contributed by atoms with E-state index in [9.17, 15) is 4.79 Å². The maximum absolute atomic E-state index is 11.3. The summed E-state index contributed by atoms with van der Waals surface area (Å²) in [5, 5.41) is 0. The standard InChI is InChI=1S/C20H24N2O4.C3H6.C2H6.CH3I/c1-24-20(23)14-18-5-2-17(15-21-18)16-3-6-19(7-4-16)26-13-10-22-8-11-25-12-9-22;1-3-2;2*1-2/h2-7,15H,8-14H2,1H3;3H,1H2,2H3;1-2H3;1H3. The van der Waals surface area contributed by atoms with Crippen molar-refractivity contribution in [1.29, 1.82) is 0 Å². The summed E-state index contributed by atoms with van der Waals surface area (Å²) >= 11 is 2.15. The number of alkyl halides is 1. The van der Waals surface area contributed by atoms with Crippen molar-refractivity contribution < 1.29 is 19.0 Å². The molecule has 7 heteroatoms. The van der Waals surface area contributed by atoms with Crippen LogP contribution in [-0.4, -0.2) is 67.3 Å². The lowest BCUT2D eigenvalue weighted by Crippen LogP contribution is -2.38. The number of ether oxygens (including phenoxy) is 3. The summed E-state index contributed by atoms with van der Waals surface area (Å²) in [7, 11) is 1.38. The van der Waals surface area contributed by atoms with Gasteiger partial charge in [0.1, 0.15) is 12.4 Å². The van der Waals surface area contributed by atoms with Crippen molar-refractivity contribution in [3.63, 3.8) is 0 Å². The molecule has 33 heavy (non-hydrogen) atoms. The van der Waals surface area contributed by atoms with Gasteiger partial charge < -0.3 is 14.2 Å². The predicted molar refractivity (Wildman–Crippen MR) is 145 cm³/mol. The highest BCUT2D eigenvalue weighted by molar-refractivity contribution is 14.1. The van der Waals surface area contributed by atoms with E-state index < -0.39 is 0 Å². The van der Waals surface area contributed by atoms with Crippen LogP contribution in [0.3, 0.4) is 0 Å². The van der Waals surface area contributed by atoms with E-state index in [2.05, 4.69) is 43.8 Å². The van der Waals surface area contributed by atoms with Crippen LogP contribution in [0, 0.1) is 0 Å². The number of carbonyl (C=O) groups is 1. The average molecular weight is 571 g/mol. The fourth-order valence-electron chi connectivity index (χ4n) is 2.78. The van der Waals surface area contributed by atoms with Crippen LogP contribution >= 0.6 is 22.6 Å². The van der Waals surface area contributed by atoms with Gasteiger partial charge in [0.2, 0.25) is 0 Å². The first-order valence-corrected chi connectivity index (χ1v) is 13.3. The summed E-state index contributed by atoms with van der Waals surface area (Å²) in [6, 6.07) is 11.8. The number of methoxy groups -OCH3 is 1. The van der Waals surface area contributed by atoms with Crippen LogP contribution in [0.5, 0.6) is 5.75 Å². The van der Waals surface area contributed by atoms with Crippen LogP contribution in [0.4, 0.5) is 0 Å². The van der Waals surface area contributed by atoms with Crippen molar-refractivity contribution in [2.75, 3.05) is 51.5 Å². The molecule has 1 aliphatic heterocycles. The number of nitrogens with zero attached hydrogens (tertiary/aromatic N) is 2. The second kappa shape index (κ2) is 20.6. The first-order valence-electron chi connectivity index (χ1n) is 11.2. The number of pyridine rings is 1. The molecule has 6 nitrogen and oxygen atoms in total. The van der Waals surface area contributed by atoms with Crippen molar-refractivity contribution >= 4 is 28.6 Å². The van der Waals surface area contributed by atoms with Crippen LogP contribution in [0.25, 0.3) is 11.1 Å². The SMILES string of the molecule is C=CC.CC.CI.COC(=O)Cc1ccc(-c2ccc(OCCN3CCOCC3)cc2)cn1. The van der Waals surface area contributed by atoms with Gasteiger partial charge in [-0.05, 0) is 35.6 Å². The molecule has 0 radical (unpaired) electrons. The number of allylic oxidation sites excluding steroid dienone is 1. The number of hydrogen-bond donors (Lipinski definition) is 0. The molecule has 184 valence electrons. The minimum atomic E-state index is -0.288. The first kappa shape index (κ1) is 31.0. The molecule has 2 heterocycles. The monoisotopic (exact) mass is 570 g/mol. The molecule has 0 saturated carbocycles. The molecule has 1 aromatic carbocycles. The van der Waals surface area contributed by atoms with E-state index in [0.29, 0.717) is 12.3 Å². The second-order valence-corrected chi connectivity index (χ2v) is 6.53. The molecule has 0 atom stereocenters. The summed E-state index contributed by atoms with van der Waals surface area (Å²) in [5.74, 6) is 0.570. The van der Waals surface area contributed by atoms with Gasteiger partial charge in [-0.2, -0.15) is 0 Å². The van der Waals surface area contributed by atoms with Crippen molar-refractivity contribution in [1.82, 2.24) is 9.88 Å². The fourth-order valence-corrected chi connectivity index (χ4v) is 2.78. The third-order valence-electron chi connectivity index (χ3n) is 4.35. The largest absolute Gasteiger partial charge is 0.492 e. The Morgan fingerprint density at radius 3 is 2.21 bits per heavy atom. The fraction of sp³-hybridized carbons (Fsp3) is 0.462. The lowest BCUT2D eigenvalue weighted by molar-refractivity contribution is -0.139. The maximum atomic E-state index is 11.3. The van der Waals surface area contributed by atoms with Gasteiger partial charge in [-0.25, -0.2) is 0 Å². The van der Waals surface area contributed by atoms with Crippen molar-refractivity contribution in [3.05, 3.63) is 60.9 Å². The van der Waals surface area contributed by atoms with E-state index in [1.165, 1.54) is 7.11 Å². The highest BCUT2D eigenvalue weighted by Gasteiger charge is 2.10. The summed E-state index contributed by atoms with van der Waals surface area (Å²) in [6.07, 6.45) is 3.71. The van der Waals surface area contributed by atoms with Crippen LogP contribution in [-0.2, 0) is 20.7 Å². The maximum Gasteiger partial charge on any atom is 0.311 e. The predicted octanol–water partition coefficient (Wildman–Crippen LogP) is 5.44. The summed E-state index contributed by atoms with van der Waals surface area (Å²) in [6.45, 7) is 14.4. The number of halogens is 1. The number of carbonyl (C=O) groups excluding carboxylic acids is 1. The van der Waals surface area contributed by atoms with Crippen LogP contribution in [0.2, 0.25) is 0 Å². The van der Waals surface area contributed by atoms with Crippen LogP contribution in [0.15, 0.2) is 55.3 Å². The van der Waals surface area contributed by atoms with Gasteiger partial charge in [-0.1, -0.05) is 60.7 Å².